The van der Waals surface area contributed by atoms with E-state index in [-0.39, 0.29) is 0 Å². The molecule has 1 N–H and O–H groups in total. The van der Waals surface area contributed by atoms with Crippen LogP contribution in [0.2, 0.25) is 0 Å². The smallest absolute Gasteiger partial charge is 0.352 e. The van der Waals surface area contributed by atoms with Crippen molar-refractivity contribution in [3.05, 3.63) is 34.5 Å². The molecule has 20 heavy (non-hydrogen) atoms. The third kappa shape index (κ3) is 4.12. The molecule has 1 rings (SSSR count). The fraction of sp³-hybridized carbons (Fsp3) is 0.471. The Balaban J connectivity index is 0.00000172. The Kier molecular flexibility index (Phi) is 7.67. The normalized spacial score (nSPS) is 12.3. The third-order valence-electron chi connectivity index (χ3n) is 3.06. The number of hydrogen-bond donors (Lipinski definition) is 1. The van der Waals surface area contributed by atoms with Crippen LogP contribution in [0.15, 0.2) is 18.2 Å². The summed E-state index contributed by atoms with van der Waals surface area (Å²) in [5.41, 5.74) is 1.33. The van der Waals surface area contributed by atoms with Crippen LogP contribution in [0, 0.1) is 5.92 Å². The van der Waals surface area contributed by atoms with Crippen LogP contribution in [-0.4, -0.2) is 15.6 Å². The van der Waals surface area contributed by atoms with Crippen molar-refractivity contribution >= 4 is 18.1 Å². The van der Waals surface area contributed by atoms with Gasteiger partial charge in [-0.2, -0.15) is 0 Å². The first kappa shape index (κ1) is 18.2. The van der Waals surface area contributed by atoms with Gasteiger partial charge in [-0.05, 0) is 31.9 Å². The van der Waals surface area contributed by atoms with Crippen LogP contribution in [-0.2, 0) is 6.54 Å². The van der Waals surface area contributed by atoms with E-state index in [1.54, 1.807) is 6.07 Å². The van der Waals surface area contributed by atoms with E-state index in [2.05, 4.69) is 20.4 Å². The highest BCUT2D eigenvalue weighted by Gasteiger charge is 2.11. The molecule has 1 aromatic heterocycles. The highest BCUT2D eigenvalue weighted by molar-refractivity contribution is 5.86. The van der Waals surface area contributed by atoms with Crippen molar-refractivity contribution in [2.75, 3.05) is 0 Å². The Hall–Kier alpha value is -1.77. The molecule has 112 valence electrons. The summed E-state index contributed by atoms with van der Waals surface area (Å²) in [5, 5.41) is 11.1. The summed E-state index contributed by atoms with van der Waals surface area (Å²) in [6, 6.07) is 1.72. The van der Waals surface area contributed by atoms with Crippen LogP contribution in [0.3, 0.4) is 0 Å². The van der Waals surface area contributed by atoms with E-state index in [4.69, 9.17) is 0 Å². The van der Waals surface area contributed by atoms with E-state index in [1.807, 2.05) is 44.4 Å². The zero-order chi connectivity index (χ0) is 15.9. The van der Waals surface area contributed by atoms with E-state index in [0.717, 1.165) is 16.1 Å². The second-order valence-corrected chi connectivity index (χ2v) is 4.58. The number of carbonyl (C=O) groups is 1. The molecule has 0 amide bonds. The Morgan fingerprint density at radius 2 is 2.00 bits per heavy atom. The zero-order valence-corrected chi connectivity index (χ0v) is 13.5. The fourth-order valence-electron chi connectivity index (χ4n) is 1.91. The summed E-state index contributed by atoms with van der Waals surface area (Å²) in [4.78, 5) is 11.2. The van der Waals surface area contributed by atoms with E-state index in [1.165, 1.54) is 0 Å². The van der Waals surface area contributed by atoms with Crippen molar-refractivity contribution in [2.45, 2.75) is 48.1 Å². The average Bonchev–Trinajstić information content (AvgIpc) is 2.78. The molecule has 1 heterocycles. The van der Waals surface area contributed by atoms with Crippen LogP contribution in [0.4, 0.5) is 0 Å². The first-order valence-electron chi connectivity index (χ1n) is 7.22. The number of carboxylic acid groups (broad SMARTS) is 1. The van der Waals surface area contributed by atoms with Gasteiger partial charge in [0.15, 0.2) is 0 Å². The quantitative estimate of drug-likeness (QED) is 0.919. The molecule has 0 spiro atoms. The summed E-state index contributed by atoms with van der Waals surface area (Å²) < 4.78 is 1.81. The van der Waals surface area contributed by atoms with Crippen molar-refractivity contribution in [1.29, 1.82) is 0 Å². The predicted molar refractivity (Wildman–Crippen MR) is 86.2 cm³/mol. The molecule has 0 atom stereocenters. The molecule has 1 aromatic rings. The van der Waals surface area contributed by atoms with Gasteiger partial charge in [-0.1, -0.05) is 45.9 Å². The summed E-state index contributed by atoms with van der Waals surface area (Å²) in [6.07, 6.45) is 3.91. The maximum absolute atomic E-state index is 11.2. The molecular weight excluding hydrogens is 250 g/mol. The van der Waals surface area contributed by atoms with Gasteiger partial charge < -0.3 is 9.67 Å². The van der Waals surface area contributed by atoms with Gasteiger partial charge in [0, 0.05) is 17.1 Å². The van der Waals surface area contributed by atoms with Gasteiger partial charge in [0.1, 0.15) is 5.69 Å². The van der Waals surface area contributed by atoms with E-state index in [0.29, 0.717) is 18.2 Å². The van der Waals surface area contributed by atoms with Gasteiger partial charge in [0.2, 0.25) is 0 Å². The minimum absolute atomic E-state index is 0.327. The topological polar surface area (TPSA) is 42.2 Å². The lowest BCUT2D eigenvalue weighted by Gasteiger charge is -2.03. The average molecular weight is 277 g/mol. The second-order valence-electron chi connectivity index (χ2n) is 4.58. The summed E-state index contributed by atoms with van der Waals surface area (Å²) in [6.45, 7) is 16.7. The lowest BCUT2D eigenvalue weighted by atomic mass is 10.0. The summed E-state index contributed by atoms with van der Waals surface area (Å²) in [5.74, 6) is -0.539. The number of aromatic carboxylic acids is 1. The van der Waals surface area contributed by atoms with Gasteiger partial charge >= 0.3 is 5.97 Å². The Bertz CT molecular complexity index is 577. The van der Waals surface area contributed by atoms with Gasteiger partial charge in [-0.15, -0.1) is 0 Å². The number of allylic oxidation sites excluding steroid dienone is 1. The van der Waals surface area contributed by atoms with E-state index in [9.17, 15) is 9.90 Å². The minimum atomic E-state index is -0.894. The Morgan fingerprint density at radius 3 is 2.35 bits per heavy atom. The van der Waals surface area contributed by atoms with Crippen LogP contribution >= 0.6 is 0 Å². The lowest BCUT2D eigenvalue weighted by Crippen LogP contribution is -2.29. The number of nitrogens with zero attached hydrogens (tertiary/aromatic N) is 1. The molecule has 3 heteroatoms. The largest absolute Gasteiger partial charge is 0.477 e. The van der Waals surface area contributed by atoms with Crippen molar-refractivity contribution in [3.63, 3.8) is 0 Å². The lowest BCUT2D eigenvalue weighted by molar-refractivity contribution is 0.0685. The van der Waals surface area contributed by atoms with Gasteiger partial charge in [-0.3, -0.25) is 0 Å². The predicted octanol–water partition coefficient (Wildman–Crippen LogP) is 3.03. The Morgan fingerprint density at radius 1 is 1.45 bits per heavy atom. The van der Waals surface area contributed by atoms with Crippen molar-refractivity contribution in [3.8, 4) is 0 Å². The van der Waals surface area contributed by atoms with Crippen molar-refractivity contribution in [1.82, 2.24) is 4.57 Å². The fourth-order valence-corrected chi connectivity index (χ4v) is 1.91. The van der Waals surface area contributed by atoms with Gasteiger partial charge in [0.25, 0.3) is 0 Å². The molecule has 0 radical (unpaired) electrons. The van der Waals surface area contributed by atoms with Crippen LogP contribution in [0.1, 0.15) is 52.0 Å². The number of carboxylic acids is 1. The van der Waals surface area contributed by atoms with Crippen LogP contribution in [0.5, 0.6) is 0 Å². The van der Waals surface area contributed by atoms with Crippen LogP contribution in [0.25, 0.3) is 12.2 Å². The van der Waals surface area contributed by atoms with E-state index < -0.39 is 5.97 Å². The second kappa shape index (κ2) is 8.41. The molecule has 0 unspecified atom stereocenters. The number of aromatic nitrogens is 1. The standard InChI is InChI=1S/C15H21NO2.C2H6/c1-6-13-12(8-11(5)10(3)4)9-14(15(17)18)16(13)7-2;1-2/h6,8-10H,5,7H2,1-4H3,(H,17,18);1-2H3/b12-8-,13-6+;. The molecule has 0 aromatic carbocycles. The molecule has 0 saturated carbocycles. The number of hydrogen-bond acceptors (Lipinski definition) is 1. The van der Waals surface area contributed by atoms with Crippen LogP contribution < -0.4 is 10.6 Å². The first-order chi connectivity index (χ1) is 9.42. The number of rotatable bonds is 4. The molecule has 3 nitrogen and oxygen atoms in total. The zero-order valence-electron chi connectivity index (χ0n) is 13.5. The molecule has 0 aliphatic rings. The highest BCUT2D eigenvalue weighted by atomic mass is 16.4. The maximum atomic E-state index is 11.2. The molecule has 0 fully saturated rings. The molecule has 0 saturated heterocycles. The Labute approximate surface area is 121 Å². The SMILES string of the molecule is C=C(/C=c1/cc(C(=O)O)n(CC)/c1=C/C)C(C)C.CC. The molecule has 0 aliphatic carbocycles. The minimum Gasteiger partial charge on any atom is -0.477 e. The third-order valence-corrected chi connectivity index (χ3v) is 3.06. The first-order valence-corrected chi connectivity index (χ1v) is 7.22. The van der Waals surface area contributed by atoms with Gasteiger partial charge in [-0.25, -0.2) is 4.79 Å². The monoisotopic (exact) mass is 277 g/mol. The highest BCUT2D eigenvalue weighted by Crippen LogP contribution is 2.07. The molecule has 0 bridgehead atoms. The van der Waals surface area contributed by atoms with Crippen molar-refractivity contribution < 1.29 is 9.90 Å². The van der Waals surface area contributed by atoms with E-state index >= 15 is 0 Å². The maximum Gasteiger partial charge on any atom is 0.352 e. The van der Waals surface area contributed by atoms with Crippen molar-refractivity contribution in [2.24, 2.45) is 5.92 Å². The molecule has 0 aliphatic heterocycles. The molecular formula is C17H27NO2. The van der Waals surface area contributed by atoms with Gasteiger partial charge in [0.05, 0.1) is 0 Å². The summed E-state index contributed by atoms with van der Waals surface area (Å²) in [7, 11) is 0. The summed E-state index contributed by atoms with van der Waals surface area (Å²) >= 11 is 0.